The fraction of sp³-hybridized carbons (Fsp3) is 0.150. The molecule has 0 amide bonds. The molecule has 0 bridgehead atoms. The van der Waals surface area contributed by atoms with Crippen LogP contribution in [0.2, 0.25) is 5.02 Å². The molecule has 1 N–H and O–H groups in total. The largest absolute Gasteiger partial charge is 0.489 e. The summed E-state index contributed by atoms with van der Waals surface area (Å²) in [5, 5.41) is 4.15. The Hall–Kier alpha value is -2.07. The molecule has 3 nitrogen and oxygen atoms in total. The summed E-state index contributed by atoms with van der Waals surface area (Å²) < 4.78 is 5.79. The number of pyridine rings is 1. The number of nitrogens with one attached hydrogen (secondary N) is 1. The van der Waals surface area contributed by atoms with Gasteiger partial charge in [-0.05, 0) is 47.0 Å². The van der Waals surface area contributed by atoms with Crippen LogP contribution in [0.15, 0.2) is 73.1 Å². The summed E-state index contributed by atoms with van der Waals surface area (Å²) in [6.45, 7) is 2.16. The van der Waals surface area contributed by atoms with Gasteiger partial charge in [-0.3, -0.25) is 4.98 Å². The Balaban J connectivity index is 0.00000225. The van der Waals surface area contributed by atoms with Crippen LogP contribution >= 0.6 is 24.0 Å². The number of nitrogens with zero attached hydrogens (tertiary/aromatic N) is 1. The van der Waals surface area contributed by atoms with Crippen molar-refractivity contribution in [3.8, 4) is 5.75 Å². The van der Waals surface area contributed by atoms with Crippen molar-refractivity contribution in [1.82, 2.24) is 10.3 Å². The average Bonchev–Trinajstić information content (AvgIpc) is 2.63. The van der Waals surface area contributed by atoms with Crippen molar-refractivity contribution in [2.75, 3.05) is 0 Å². The second-order valence-corrected chi connectivity index (χ2v) is 5.96. The van der Waals surface area contributed by atoms with E-state index in [1.807, 2.05) is 48.7 Å². The third-order valence-electron chi connectivity index (χ3n) is 3.62. The molecule has 0 spiro atoms. The first-order chi connectivity index (χ1) is 11.8. The lowest BCUT2D eigenvalue weighted by molar-refractivity contribution is 0.306. The highest BCUT2D eigenvalue weighted by Gasteiger charge is 1.98. The molecule has 0 fully saturated rings. The molecule has 0 aliphatic rings. The molecule has 0 saturated carbocycles. The number of hydrogen-bond donors (Lipinski definition) is 1. The van der Waals surface area contributed by atoms with Gasteiger partial charge in [-0.1, -0.05) is 41.9 Å². The highest BCUT2D eigenvalue weighted by Crippen LogP contribution is 2.15. The second-order valence-electron chi connectivity index (χ2n) is 5.52. The van der Waals surface area contributed by atoms with E-state index in [9.17, 15) is 0 Å². The first kappa shape index (κ1) is 19.3. The summed E-state index contributed by atoms with van der Waals surface area (Å²) in [6.07, 6.45) is 3.66. The minimum Gasteiger partial charge on any atom is -0.489 e. The third-order valence-corrected chi connectivity index (χ3v) is 3.88. The molecule has 0 saturated heterocycles. The lowest BCUT2D eigenvalue weighted by Gasteiger charge is -2.08. The fourth-order valence-electron chi connectivity index (χ4n) is 2.30. The van der Waals surface area contributed by atoms with Crippen molar-refractivity contribution < 1.29 is 4.74 Å². The molecule has 0 atom stereocenters. The predicted octanol–water partition coefficient (Wildman–Crippen LogP) is 5.03. The average molecular weight is 375 g/mol. The maximum Gasteiger partial charge on any atom is 0.119 e. The molecule has 0 unspecified atom stereocenters. The highest BCUT2D eigenvalue weighted by atomic mass is 35.5. The maximum atomic E-state index is 5.88. The molecule has 0 aliphatic carbocycles. The van der Waals surface area contributed by atoms with E-state index in [1.165, 1.54) is 11.1 Å². The summed E-state index contributed by atoms with van der Waals surface area (Å²) in [5.41, 5.74) is 3.50. The van der Waals surface area contributed by atoms with E-state index in [4.69, 9.17) is 16.3 Å². The number of rotatable bonds is 7. The second kappa shape index (κ2) is 10.0. The fourth-order valence-corrected chi connectivity index (χ4v) is 2.43. The van der Waals surface area contributed by atoms with Gasteiger partial charge in [0.2, 0.25) is 0 Å². The molecular weight excluding hydrogens is 355 g/mol. The van der Waals surface area contributed by atoms with Gasteiger partial charge in [0, 0.05) is 30.5 Å². The lowest BCUT2D eigenvalue weighted by atomic mass is 10.2. The van der Waals surface area contributed by atoms with Crippen molar-refractivity contribution in [1.29, 1.82) is 0 Å². The molecule has 5 heteroatoms. The Labute approximate surface area is 159 Å². The Bertz CT molecular complexity index is 747. The number of halogens is 2. The minimum absolute atomic E-state index is 0. The molecular formula is C20H20Cl2N2O. The molecule has 3 rings (SSSR count). The van der Waals surface area contributed by atoms with Gasteiger partial charge in [0.05, 0.1) is 0 Å². The van der Waals surface area contributed by atoms with E-state index in [0.29, 0.717) is 6.61 Å². The Morgan fingerprint density at radius 2 is 1.52 bits per heavy atom. The molecule has 0 aliphatic heterocycles. The zero-order valence-electron chi connectivity index (χ0n) is 13.7. The van der Waals surface area contributed by atoms with Gasteiger partial charge in [-0.25, -0.2) is 0 Å². The van der Waals surface area contributed by atoms with Crippen LogP contribution in [0.5, 0.6) is 5.75 Å². The van der Waals surface area contributed by atoms with Gasteiger partial charge in [0.1, 0.15) is 12.4 Å². The zero-order chi connectivity index (χ0) is 16.6. The Morgan fingerprint density at radius 1 is 0.840 bits per heavy atom. The van der Waals surface area contributed by atoms with Crippen molar-refractivity contribution in [3.63, 3.8) is 0 Å². The van der Waals surface area contributed by atoms with Gasteiger partial charge in [0.25, 0.3) is 0 Å². The molecule has 130 valence electrons. The number of ether oxygens (including phenoxy) is 1. The zero-order valence-corrected chi connectivity index (χ0v) is 15.3. The normalized spacial score (nSPS) is 10.1. The first-order valence-electron chi connectivity index (χ1n) is 7.85. The molecule has 1 heterocycles. The van der Waals surface area contributed by atoms with Gasteiger partial charge in [0.15, 0.2) is 0 Å². The van der Waals surface area contributed by atoms with Gasteiger partial charge >= 0.3 is 0 Å². The molecule has 2 aromatic carbocycles. The van der Waals surface area contributed by atoms with E-state index in [0.717, 1.165) is 29.4 Å². The third kappa shape index (κ3) is 6.39. The van der Waals surface area contributed by atoms with Crippen LogP contribution in [-0.2, 0) is 19.7 Å². The predicted molar refractivity (Wildman–Crippen MR) is 104 cm³/mol. The molecule has 1 aromatic heterocycles. The summed E-state index contributed by atoms with van der Waals surface area (Å²) in [4.78, 5) is 4.11. The summed E-state index contributed by atoms with van der Waals surface area (Å²) in [7, 11) is 0. The van der Waals surface area contributed by atoms with Crippen molar-refractivity contribution >= 4 is 24.0 Å². The highest BCUT2D eigenvalue weighted by molar-refractivity contribution is 6.30. The standard InChI is InChI=1S/C20H19ClN2O.ClH/c21-19-7-3-17(4-8-19)15-24-20-9-5-16(6-10-20)12-23-14-18-2-1-11-22-13-18;/h1-11,13,23H,12,14-15H2;1H. The number of hydrogen-bond acceptors (Lipinski definition) is 3. The Morgan fingerprint density at radius 3 is 2.20 bits per heavy atom. The monoisotopic (exact) mass is 374 g/mol. The van der Waals surface area contributed by atoms with Crippen LogP contribution < -0.4 is 10.1 Å². The minimum atomic E-state index is 0. The van der Waals surface area contributed by atoms with Crippen LogP contribution in [0.25, 0.3) is 0 Å². The van der Waals surface area contributed by atoms with Gasteiger partial charge in [-0.2, -0.15) is 0 Å². The van der Waals surface area contributed by atoms with E-state index in [2.05, 4.69) is 28.5 Å². The van der Waals surface area contributed by atoms with E-state index >= 15 is 0 Å². The van der Waals surface area contributed by atoms with Crippen molar-refractivity contribution in [3.05, 3.63) is 94.8 Å². The smallest absolute Gasteiger partial charge is 0.119 e. The topological polar surface area (TPSA) is 34.1 Å². The first-order valence-corrected chi connectivity index (χ1v) is 8.23. The van der Waals surface area contributed by atoms with Crippen LogP contribution in [0.3, 0.4) is 0 Å². The quantitative estimate of drug-likeness (QED) is 0.629. The maximum absolute atomic E-state index is 5.88. The summed E-state index contributed by atoms with van der Waals surface area (Å²) >= 11 is 5.88. The van der Waals surface area contributed by atoms with Crippen LogP contribution in [-0.4, -0.2) is 4.98 Å². The van der Waals surface area contributed by atoms with E-state index in [1.54, 1.807) is 6.20 Å². The lowest BCUT2D eigenvalue weighted by Crippen LogP contribution is -2.12. The van der Waals surface area contributed by atoms with E-state index in [-0.39, 0.29) is 12.4 Å². The van der Waals surface area contributed by atoms with Crippen LogP contribution in [0.1, 0.15) is 16.7 Å². The van der Waals surface area contributed by atoms with Gasteiger partial charge in [-0.15, -0.1) is 12.4 Å². The summed E-state index contributed by atoms with van der Waals surface area (Å²) in [6, 6.07) is 19.8. The van der Waals surface area contributed by atoms with Crippen LogP contribution in [0.4, 0.5) is 0 Å². The van der Waals surface area contributed by atoms with Crippen molar-refractivity contribution in [2.45, 2.75) is 19.7 Å². The van der Waals surface area contributed by atoms with E-state index < -0.39 is 0 Å². The Kier molecular flexibility index (Phi) is 7.74. The SMILES string of the molecule is Cl.Clc1ccc(COc2ccc(CNCc3cccnc3)cc2)cc1. The van der Waals surface area contributed by atoms with Gasteiger partial charge < -0.3 is 10.1 Å². The molecule has 25 heavy (non-hydrogen) atoms. The number of aromatic nitrogens is 1. The van der Waals surface area contributed by atoms with Crippen molar-refractivity contribution in [2.24, 2.45) is 0 Å². The molecule has 3 aromatic rings. The van der Waals surface area contributed by atoms with Crippen LogP contribution in [0, 0.1) is 0 Å². The number of benzene rings is 2. The summed E-state index contributed by atoms with van der Waals surface area (Å²) in [5.74, 6) is 0.862. The molecule has 0 radical (unpaired) electrons.